The summed E-state index contributed by atoms with van der Waals surface area (Å²) in [6.07, 6.45) is 4.49. The molecule has 29 heavy (non-hydrogen) atoms. The smallest absolute Gasteiger partial charge is 0.240 e. The van der Waals surface area contributed by atoms with Crippen molar-refractivity contribution in [3.63, 3.8) is 0 Å². The summed E-state index contributed by atoms with van der Waals surface area (Å²) in [5.74, 6) is 1.66. The maximum Gasteiger partial charge on any atom is 0.240 e. The van der Waals surface area contributed by atoms with Gasteiger partial charge in [-0.05, 0) is 43.4 Å². The maximum absolute atomic E-state index is 13.3. The van der Waals surface area contributed by atoms with Gasteiger partial charge in [-0.15, -0.1) is 5.10 Å². The topological polar surface area (TPSA) is 51.0 Å². The van der Waals surface area contributed by atoms with Gasteiger partial charge in [-0.25, -0.2) is 9.67 Å². The van der Waals surface area contributed by atoms with E-state index in [-0.39, 0.29) is 11.2 Å². The van der Waals surface area contributed by atoms with Crippen molar-refractivity contribution in [1.82, 2.24) is 19.7 Å². The maximum atomic E-state index is 13.3. The molecular weight excluding hydrogens is 380 g/mol. The normalized spacial score (nSPS) is 17.4. The fraction of sp³-hybridized carbons (Fsp3) is 0.348. The Balaban J connectivity index is 1.48. The Hall–Kier alpha value is -2.60. The predicted octanol–water partition coefficient (Wildman–Crippen LogP) is 4.60. The van der Waals surface area contributed by atoms with Gasteiger partial charge in [0.1, 0.15) is 11.1 Å². The van der Waals surface area contributed by atoms with Crippen LogP contribution in [0.1, 0.15) is 48.2 Å². The number of aromatic nitrogens is 3. The third-order valence-electron chi connectivity index (χ3n) is 5.52. The van der Waals surface area contributed by atoms with Crippen LogP contribution in [0.3, 0.4) is 0 Å². The van der Waals surface area contributed by atoms with Gasteiger partial charge in [0.2, 0.25) is 11.1 Å². The summed E-state index contributed by atoms with van der Waals surface area (Å²) in [6, 6.07) is 20.2. The molecule has 2 aromatic carbocycles. The molecule has 1 saturated carbocycles. The van der Waals surface area contributed by atoms with Crippen molar-refractivity contribution in [1.29, 1.82) is 0 Å². The Bertz CT molecular complexity index is 979. The van der Waals surface area contributed by atoms with Crippen LogP contribution in [0.2, 0.25) is 0 Å². The minimum Gasteiger partial charge on any atom is -0.341 e. The van der Waals surface area contributed by atoms with Gasteiger partial charge in [-0.2, -0.15) is 0 Å². The Labute approximate surface area is 175 Å². The first-order chi connectivity index (χ1) is 14.3. The molecule has 1 atom stereocenters. The zero-order chi connectivity index (χ0) is 19.6. The second-order valence-corrected chi connectivity index (χ2v) is 8.79. The van der Waals surface area contributed by atoms with Gasteiger partial charge in [0.25, 0.3) is 0 Å². The number of nitrogens with zero attached hydrogens (tertiary/aromatic N) is 4. The molecule has 1 aliphatic carbocycles. The number of para-hydroxylation sites is 1. The molecule has 1 saturated heterocycles. The second kappa shape index (κ2) is 8.03. The average molecular weight is 405 g/mol. The predicted molar refractivity (Wildman–Crippen MR) is 114 cm³/mol. The van der Waals surface area contributed by atoms with Crippen LogP contribution in [0.5, 0.6) is 0 Å². The van der Waals surface area contributed by atoms with E-state index in [0.29, 0.717) is 11.1 Å². The zero-order valence-electron chi connectivity index (χ0n) is 16.3. The minimum absolute atomic E-state index is 0.169. The number of amides is 1. The van der Waals surface area contributed by atoms with Crippen LogP contribution in [0, 0.1) is 0 Å². The molecule has 6 heteroatoms. The van der Waals surface area contributed by atoms with Crippen molar-refractivity contribution in [2.45, 2.75) is 42.0 Å². The molecule has 5 rings (SSSR count). The number of likely N-dealkylation sites (tertiary alicyclic amines) is 1. The van der Waals surface area contributed by atoms with Crippen LogP contribution < -0.4 is 0 Å². The summed E-state index contributed by atoms with van der Waals surface area (Å²) in [5.41, 5.74) is 2.04. The lowest BCUT2D eigenvalue weighted by Gasteiger charge is -2.22. The van der Waals surface area contributed by atoms with Gasteiger partial charge in [0.15, 0.2) is 0 Å². The summed E-state index contributed by atoms with van der Waals surface area (Å²) in [6.45, 7) is 1.70. The number of carbonyl (C=O) groups excluding carboxylic acids is 1. The minimum atomic E-state index is -0.312. The number of carbonyl (C=O) groups is 1. The molecule has 2 heterocycles. The number of rotatable bonds is 6. The van der Waals surface area contributed by atoms with E-state index in [1.54, 1.807) is 0 Å². The lowest BCUT2D eigenvalue weighted by molar-refractivity contribution is -0.129. The molecule has 0 spiro atoms. The van der Waals surface area contributed by atoms with Crippen LogP contribution in [-0.4, -0.2) is 38.7 Å². The van der Waals surface area contributed by atoms with Crippen molar-refractivity contribution < 1.29 is 4.79 Å². The van der Waals surface area contributed by atoms with Crippen molar-refractivity contribution >= 4 is 17.7 Å². The highest BCUT2D eigenvalue weighted by Gasteiger charge is 2.33. The SMILES string of the molecule is O=C([C@H](Sc1nc(C2CC2)n(-c2ccccc2)n1)c1ccccc1)N1CCCC1. The van der Waals surface area contributed by atoms with E-state index in [2.05, 4.69) is 12.1 Å². The molecule has 1 aromatic heterocycles. The fourth-order valence-electron chi connectivity index (χ4n) is 3.82. The first-order valence-electron chi connectivity index (χ1n) is 10.3. The van der Waals surface area contributed by atoms with E-state index < -0.39 is 0 Å². The monoisotopic (exact) mass is 404 g/mol. The molecule has 0 N–H and O–H groups in total. The first kappa shape index (κ1) is 18.4. The molecular formula is C23H24N4OS. The quantitative estimate of drug-likeness (QED) is 0.564. The van der Waals surface area contributed by atoms with E-state index >= 15 is 0 Å². The van der Waals surface area contributed by atoms with Gasteiger partial charge in [0.05, 0.1) is 5.69 Å². The van der Waals surface area contributed by atoms with Crippen molar-refractivity contribution in [3.8, 4) is 5.69 Å². The lowest BCUT2D eigenvalue weighted by atomic mass is 10.1. The van der Waals surface area contributed by atoms with Crippen LogP contribution in [0.4, 0.5) is 0 Å². The molecule has 0 radical (unpaired) electrons. The second-order valence-electron chi connectivity index (χ2n) is 7.72. The van der Waals surface area contributed by atoms with E-state index in [9.17, 15) is 4.79 Å². The van der Waals surface area contributed by atoms with Crippen LogP contribution in [-0.2, 0) is 4.79 Å². The van der Waals surface area contributed by atoms with Crippen molar-refractivity contribution in [3.05, 3.63) is 72.1 Å². The Morgan fingerprint density at radius 1 is 0.966 bits per heavy atom. The Kier molecular flexibility index (Phi) is 5.10. The van der Waals surface area contributed by atoms with Gasteiger partial charge in [0, 0.05) is 19.0 Å². The van der Waals surface area contributed by atoms with E-state index in [4.69, 9.17) is 10.1 Å². The van der Waals surface area contributed by atoms with Gasteiger partial charge < -0.3 is 4.90 Å². The number of thioether (sulfide) groups is 1. The van der Waals surface area contributed by atoms with Crippen LogP contribution >= 0.6 is 11.8 Å². The van der Waals surface area contributed by atoms with Gasteiger partial charge in [-0.3, -0.25) is 4.79 Å². The summed E-state index contributed by atoms with van der Waals surface area (Å²) >= 11 is 1.48. The molecule has 0 bridgehead atoms. The average Bonchev–Trinajstić information content (AvgIpc) is 3.30. The summed E-state index contributed by atoms with van der Waals surface area (Å²) in [7, 11) is 0. The van der Waals surface area contributed by atoms with Gasteiger partial charge >= 0.3 is 0 Å². The molecule has 0 unspecified atom stereocenters. The molecule has 2 fully saturated rings. The number of benzene rings is 2. The zero-order valence-corrected chi connectivity index (χ0v) is 17.1. The van der Waals surface area contributed by atoms with Crippen LogP contribution in [0.15, 0.2) is 65.8 Å². The molecule has 3 aromatic rings. The van der Waals surface area contributed by atoms with Gasteiger partial charge in [-0.1, -0.05) is 60.3 Å². The largest absolute Gasteiger partial charge is 0.341 e. The van der Waals surface area contributed by atoms with E-state index in [1.165, 1.54) is 11.8 Å². The third kappa shape index (κ3) is 3.94. The van der Waals surface area contributed by atoms with Crippen molar-refractivity contribution in [2.75, 3.05) is 13.1 Å². The number of hydrogen-bond acceptors (Lipinski definition) is 4. The number of hydrogen-bond donors (Lipinski definition) is 0. The highest BCUT2D eigenvalue weighted by Crippen LogP contribution is 2.42. The van der Waals surface area contributed by atoms with Crippen LogP contribution in [0.25, 0.3) is 5.69 Å². The fourth-order valence-corrected chi connectivity index (χ4v) is 4.85. The Morgan fingerprint density at radius 2 is 1.62 bits per heavy atom. The highest BCUT2D eigenvalue weighted by molar-refractivity contribution is 8.00. The third-order valence-corrected chi connectivity index (χ3v) is 6.62. The van der Waals surface area contributed by atoms with E-state index in [1.807, 2.05) is 58.1 Å². The highest BCUT2D eigenvalue weighted by atomic mass is 32.2. The molecule has 1 aliphatic heterocycles. The summed E-state index contributed by atoms with van der Waals surface area (Å²) in [4.78, 5) is 20.2. The standard InChI is InChI=1S/C23H24N4OS/c28-22(26-15-7-8-16-26)20(17-9-3-1-4-10-17)29-23-24-21(18-13-14-18)27(25-23)19-11-5-2-6-12-19/h1-6,9-12,18,20H,7-8,13-16H2/t20-/m1/s1. The Morgan fingerprint density at radius 3 is 2.28 bits per heavy atom. The molecule has 5 nitrogen and oxygen atoms in total. The summed E-state index contributed by atoms with van der Waals surface area (Å²) in [5, 5.41) is 5.18. The molecule has 148 valence electrons. The summed E-state index contributed by atoms with van der Waals surface area (Å²) < 4.78 is 1.96. The van der Waals surface area contributed by atoms with E-state index in [0.717, 1.165) is 55.8 Å². The first-order valence-corrected chi connectivity index (χ1v) is 11.2. The molecule has 2 aliphatic rings. The van der Waals surface area contributed by atoms with Crippen molar-refractivity contribution in [2.24, 2.45) is 0 Å². The lowest BCUT2D eigenvalue weighted by Crippen LogP contribution is -2.31. The molecule has 1 amide bonds.